The number of aromatic nitrogens is 2. The number of carbonyl (C=O) groups is 1. The predicted molar refractivity (Wildman–Crippen MR) is 73.7 cm³/mol. The topological polar surface area (TPSA) is 68.5 Å². The molecule has 1 saturated carbocycles. The molecule has 2 saturated heterocycles. The van der Waals surface area contributed by atoms with Crippen molar-refractivity contribution in [1.29, 1.82) is 0 Å². The van der Waals surface area contributed by atoms with E-state index in [0.29, 0.717) is 37.6 Å². The maximum absolute atomic E-state index is 13.9. The van der Waals surface area contributed by atoms with Gasteiger partial charge in [0.1, 0.15) is 6.10 Å². The Hall–Kier alpha value is -1.50. The van der Waals surface area contributed by atoms with Gasteiger partial charge in [0.2, 0.25) is 0 Å². The number of amides is 1. The molecule has 120 valence electrons. The van der Waals surface area contributed by atoms with E-state index < -0.39 is 5.67 Å². The number of carbonyl (C=O) groups excluding carboxylic acids is 1. The van der Waals surface area contributed by atoms with Crippen LogP contribution >= 0.6 is 0 Å². The van der Waals surface area contributed by atoms with E-state index in [1.54, 1.807) is 11.8 Å². The lowest BCUT2D eigenvalue weighted by Gasteiger charge is -2.39. The Morgan fingerprint density at radius 2 is 2.00 bits per heavy atom. The third-order valence-electron chi connectivity index (χ3n) is 5.11. The molecule has 1 aliphatic carbocycles. The Labute approximate surface area is 128 Å². The molecule has 1 aromatic rings. The van der Waals surface area contributed by atoms with Gasteiger partial charge in [0.05, 0.1) is 5.60 Å². The summed E-state index contributed by atoms with van der Waals surface area (Å²) in [5.74, 6) is 0.815. The molecule has 3 fully saturated rings. The lowest BCUT2D eigenvalue weighted by molar-refractivity contribution is -0.145. The normalized spacial score (nSPS) is 29.0. The minimum atomic E-state index is -1.56. The molecule has 3 aliphatic rings. The maximum atomic E-state index is 13.9. The number of aryl methyl sites for hydroxylation is 1. The van der Waals surface area contributed by atoms with Crippen LogP contribution in [-0.2, 0) is 9.53 Å². The van der Waals surface area contributed by atoms with Crippen molar-refractivity contribution in [3.63, 3.8) is 0 Å². The summed E-state index contributed by atoms with van der Waals surface area (Å²) < 4.78 is 25.3. The molecule has 3 heterocycles. The predicted octanol–water partition coefficient (Wildman–Crippen LogP) is 2.09. The van der Waals surface area contributed by atoms with Crippen LogP contribution < -0.4 is 0 Å². The highest BCUT2D eigenvalue weighted by molar-refractivity contribution is 5.88. The summed E-state index contributed by atoms with van der Waals surface area (Å²) in [6, 6.07) is 0. The molecule has 0 aromatic carbocycles. The molecule has 0 radical (unpaired) electrons. The second kappa shape index (κ2) is 4.75. The van der Waals surface area contributed by atoms with Crippen molar-refractivity contribution in [2.75, 3.05) is 13.1 Å². The summed E-state index contributed by atoms with van der Waals surface area (Å²) >= 11 is 0. The number of alkyl halides is 1. The van der Waals surface area contributed by atoms with Gasteiger partial charge in [-0.25, -0.2) is 4.39 Å². The molecule has 2 aliphatic heterocycles. The van der Waals surface area contributed by atoms with E-state index in [0.717, 1.165) is 25.7 Å². The van der Waals surface area contributed by atoms with E-state index in [1.165, 1.54) is 0 Å². The van der Waals surface area contributed by atoms with Crippen molar-refractivity contribution in [2.45, 2.75) is 62.8 Å². The highest BCUT2D eigenvalue weighted by Gasteiger charge is 2.54. The molecule has 0 N–H and O–H groups in total. The maximum Gasteiger partial charge on any atom is 0.260 e. The molecule has 6 nitrogen and oxygen atoms in total. The standard InChI is InChI=1S/C15H20FN3O3/c1-10-17-12(22-18-10)11-2-3-14(21-11)6-8-19(9-7-14)13(20)15(16)4-5-15/h11H,2-9H2,1H3/t11-/m1/s1. The molecule has 1 aromatic heterocycles. The van der Waals surface area contributed by atoms with Crippen molar-refractivity contribution in [2.24, 2.45) is 0 Å². The first-order chi connectivity index (χ1) is 10.5. The molecule has 1 atom stereocenters. The minimum absolute atomic E-state index is 0.153. The van der Waals surface area contributed by atoms with E-state index >= 15 is 0 Å². The average Bonchev–Trinajstić information content (AvgIpc) is 2.94. The van der Waals surface area contributed by atoms with Crippen LogP contribution in [0.5, 0.6) is 0 Å². The number of halogens is 1. The Kier molecular flexibility index (Phi) is 3.04. The third-order valence-corrected chi connectivity index (χ3v) is 5.11. The van der Waals surface area contributed by atoms with Crippen LogP contribution in [0.4, 0.5) is 4.39 Å². The Balaban J connectivity index is 1.38. The first kappa shape index (κ1) is 14.1. The number of likely N-dealkylation sites (tertiary alicyclic amines) is 1. The highest BCUT2D eigenvalue weighted by Crippen LogP contribution is 2.46. The van der Waals surface area contributed by atoms with E-state index in [4.69, 9.17) is 9.26 Å². The fraction of sp³-hybridized carbons (Fsp3) is 0.800. The van der Waals surface area contributed by atoms with E-state index in [9.17, 15) is 9.18 Å². The van der Waals surface area contributed by atoms with Crippen molar-refractivity contribution < 1.29 is 18.4 Å². The molecule has 0 unspecified atom stereocenters. The molecule has 4 rings (SSSR count). The zero-order valence-electron chi connectivity index (χ0n) is 12.7. The molecule has 1 spiro atoms. The smallest absolute Gasteiger partial charge is 0.260 e. The molecule has 22 heavy (non-hydrogen) atoms. The van der Waals surface area contributed by atoms with Crippen molar-refractivity contribution >= 4 is 5.91 Å². The number of hydrogen-bond acceptors (Lipinski definition) is 5. The Morgan fingerprint density at radius 1 is 1.27 bits per heavy atom. The molecule has 7 heteroatoms. The van der Waals surface area contributed by atoms with Gasteiger partial charge in [-0.3, -0.25) is 4.79 Å². The first-order valence-electron chi connectivity index (χ1n) is 7.96. The largest absolute Gasteiger partial charge is 0.362 e. The zero-order chi connectivity index (χ0) is 15.4. The third kappa shape index (κ3) is 2.31. The number of nitrogens with zero attached hydrogens (tertiary/aromatic N) is 3. The van der Waals surface area contributed by atoms with Crippen LogP contribution in [0.2, 0.25) is 0 Å². The monoisotopic (exact) mass is 309 g/mol. The van der Waals surface area contributed by atoms with Crippen LogP contribution in [0.1, 0.15) is 56.3 Å². The first-order valence-corrected chi connectivity index (χ1v) is 7.96. The molecular weight excluding hydrogens is 289 g/mol. The number of hydrogen-bond donors (Lipinski definition) is 0. The summed E-state index contributed by atoms with van der Waals surface area (Å²) in [6.45, 7) is 2.92. The van der Waals surface area contributed by atoms with Crippen LogP contribution in [0.15, 0.2) is 4.52 Å². The van der Waals surface area contributed by atoms with Gasteiger partial charge in [0, 0.05) is 13.1 Å². The Morgan fingerprint density at radius 3 is 2.59 bits per heavy atom. The van der Waals surface area contributed by atoms with E-state index in [2.05, 4.69) is 10.1 Å². The van der Waals surface area contributed by atoms with Crippen molar-refractivity contribution in [3.8, 4) is 0 Å². The number of rotatable bonds is 2. The van der Waals surface area contributed by atoms with E-state index in [-0.39, 0.29) is 17.6 Å². The number of piperidine rings is 1. The van der Waals surface area contributed by atoms with Crippen molar-refractivity contribution in [3.05, 3.63) is 11.7 Å². The van der Waals surface area contributed by atoms with Gasteiger partial charge in [0.25, 0.3) is 11.8 Å². The second-order valence-electron chi connectivity index (χ2n) is 6.77. The number of ether oxygens (including phenoxy) is 1. The fourth-order valence-corrected chi connectivity index (χ4v) is 3.52. The van der Waals surface area contributed by atoms with Crippen LogP contribution in [0.25, 0.3) is 0 Å². The second-order valence-corrected chi connectivity index (χ2v) is 6.77. The van der Waals surface area contributed by atoms with Gasteiger partial charge in [-0.1, -0.05) is 5.16 Å². The van der Waals surface area contributed by atoms with Crippen molar-refractivity contribution in [1.82, 2.24) is 15.0 Å². The lowest BCUT2D eigenvalue weighted by atomic mass is 9.88. The fourth-order valence-electron chi connectivity index (χ4n) is 3.52. The van der Waals surface area contributed by atoms with Gasteiger partial charge in [-0.05, 0) is 45.4 Å². The highest BCUT2D eigenvalue weighted by atomic mass is 19.1. The van der Waals surface area contributed by atoms with Gasteiger partial charge >= 0.3 is 0 Å². The van der Waals surface area contributed by atoms with E-state index in [1.807, 2.05) is 0 Å². The lowest BCUT2D eigenvalue weighted by Crippen LogP contribution is -2.49. The SMILES string of the molecule is Cc1noc([C@H]2CCC3(CCN(C(=O)C4(F)CC4)CC3)O2)n1. The summed E-state index contributed by atoms with van der Waals surface area (Å²) in [5.41, 5.74) is -1.79. The molecule has 1 amide bonds. The Bertz CT molecular complexity index is 591. The summed E-state index contributed by atoms with van der Waals surface area (Å²) in [6.07, 6.45) is 3.87. The zero-order valence-corrected chi connectivity index (χ0v) is 12.7. The van der Waals surface area contributed by atoms with Crippen LogP contribution in [-0.4, -0.2) is 45.3 Å². The summed E-state index contributed by atoms with van der Waals surface area (Å²) in [4.78, 5) is 17.9. The minimum Gasteiger partial charge on any atom is -0.362 e. The van der Waals surface area contributed by atoms with Gasteiger partial charge < -0.3 is 14.2 Å². The molecular formula is C15H20FN3O3. The average molecular weight is 309 g/mol. The summed E-state index contributed by atoms with van der Waals surface area (Å²) in [5, 5.41) is 3.80. The van der Waals surface area contributed by atoms with Crippen LogP contribution in [0, 0.1) is 6.92 Å². The molecule has 0 bridgehead atoms. The van der Waals surface area contributed by atoms with Crippen LogP contribution in [0.3, 0.4) is 0 Å². The summed E-state index contributed by atoms with van der Waals surface area (Å²) in [7, 11) is 0. The van der Waals surface area contributed by atoms with Gasteiger partial charge in [0.15, 0.2) is 11.5 Å². The van der Waals surface area contributed by atoms with Gasteiger partial charge in [-0.15, -0.1) is 0 Å². The van der Waals surface area contributed by atoms with Gasteiger partial charge in [-0.2, -0.15) is 4.98 Å². The quantitative estimate of drug-likeness (QED) is 0.837.